The Bertz CT molecular complexity index is 842. The predicted molar refractivity (Wildman–Crippen MR) is 113 cm³/mol. The number of hydrogen-bond acceptors (Lipinski definition) is 3. The third kappa shape index (κ3) is 5.10. The van der Waals surface area contributed by atoms with Gasteiger partial charge in [0.2, 0.25) is 8.41 Å². The first-order chi connectivity index (χ1) is 13.8. The minimum absolute atomic E-state index is 0.275. The average molecular weight is 415 g/mol. The second-order valence-electron chi connectivity index (χ2n) is 8.05. The fraction of sp³-hybridized carbons (Fsp3) is 0.364. The van der Waals surface area contributed by atoms with Gasteiger partial charge in [0.05, 0.1) is 12.1 Å². The minimum atomic E-state index is -3.35. The summed E-state index contributed by atoms with van der Waals surface area (Å²) in [5.41, 5.74) is 0.305. The smallest absolute Gasteiger partial charge is 0.251 e. The van der Waals surface area contributed by atoms with Gasteiger partial charge in [-0.15, -0.1) is 0 Å². The van der Waals surface area contributed by atoms with Crippen molar-refractivity contribution in [3.8, 4) is 0 Å². The molecule has 0 radical (unpaired) electrons. The molecule has 1 fully saturated rings. The highest BCUT2D eigenvalue weighted by atomic mass is 28.4. The number of rotatable bonds is 5. The Morgan fingerprint density at radius 2 is 1.38 bits per heavy atom. The van der Waals surface area contributed by atoms with Crippen LogP contribution in [0.3, 0.4) is 0 Å². The van der Waals surface area contributed by atoms with E-state index in [2.05, 4.69) is 10.6 Å². The number of carbonyl (C=O) groups excluding carboxylic acids is 2. The van der Waals surface area contributed by atoms with Crippen LogP contribution in [-0.2, 0) is 0 Å². The van der Waals surface area contributed by atoms with Crippen LogP contribution in [0.2, 0.25) is 18.6 Å². The molecule has 0 spiro atoms. The van der Waals surface area contributed by atoms with Crippen LogP contribution in [-0.4, -0.2) is 43.5 Å². The zero-order chi connectivity index (χ0) is 21.0. The molecule has 0 aliphatic heterocycles. The summed E-state index contributed by atoms with van der Waals surface area (Å²) in [6.07, 6.45) is -0.0248. The van der Waals surface area contributed by atoms with E-state index in [1.807, 2.05) is 12.1 Å². The molecule has 0 heterocycles. The van der Waals surface area contributed by atoms with Gasteiger partial charge in [-0.3, -0.25) is 9.59 Å². The highest BCUT2D eigenvalue weighted by molar-refractivity contribution is 6.72. The molecule has 1 aliphatic carbocycles. The largest absolute Gasteiger partial charge is 0.391 e. The lowest BCUT2D eigenvalue weighted by atomic mass is 9.87. The quantitative estimate of drug-likeness (QED) is 0.519. The fourth-order valence-electron chi connectivity index (χ4n) is 4.12. The van der Waals surface area contributed by atoms with Gasteiger partial charge in [-0.05, 0) is 50.2 Å². The van der Waals surface area contributed by atoms with Crippen LogP contribution in [0.5, 0.6) is 0 Å². The molecule has 29 heavy (non-hydrogen) atoms. The first-order valence-corrected chi connectivity index (χ1v) is 12.8. The Balaban J connectivity index is 1.82. The highest BCUT2D eigenvalue weighted by Gasteiger charge is 2.50. The second kappa shape index (κ2) is 8.88. The van der Waals surface area contributed by atoms with Gasteiger partial charge in [0, 0.05) is 22.7 Å². The second-order valence-corrected chi connectivity index (χ2v) is 11.8. The highest BCUT2D eigenvalue weighted by Crippen LogP contribution is 2.39. The van der Waals surface area contributed by atoms with Gasteiger partial charge in [-0.2, -0.15) is 0 Å². The summed E-state index contributed by atoms with van der Waals surface area (Å²) in [5.74, 6) is -0.628. The molecule has 1 aliphatic rings. The van der Waals surface area contributed by atoms with Crippen molar-refractivity contribution in [2.75, 3.05) is 0 Å². The fourth-order valence-corrected chi connectivity index (χ4v) is 6.48. The van der Waals surface area contributed by atoms with E-state index >= 15 is 4.11 Å². The summed E-state index contributed by atoms with van der Waals surface area (Å²) >= 11 is 0. The molecule has 3 rings (SSSR count). The topological polar surface area (TPSA) is 78.4 Å². The minimum Gasteiger partial charge on any atom is -0.391 e. The number of aliphatic hydroxyl groups is 1. The lowest BCUT2D eigenvalue weighted by Crippen LogP contribution is -2.61. The molecule has 0 aromatic heterocycles. The number of halogens is 1. The lowest BCUT2D eigenvalue weighted by Gasteiger charge is -2.45. The molecule has 7 heteroatoms. The third-order valence-corrected chi connectivity index (χ3v) is 7.83. The van der Waals surface area contributed by atoms with Crippen molar-refractivity contribution in [2.45, 2.75) is 49.7 Å². The molecule has 2 aromatic carbocycles. The van der Waals surface area contributed by atoms with E-state index in [-0.39, 0.29) is 11.8 Å². The molecule has 3 N–H and O–H groups in total. The normalized spacial score (nSPS) is 24.6. The van der Waals surface area contributed by atoms with E-state index in [9.17, 15) is 14.7 Å². The summed E-state index contributed by atoms with van der Waals surface area (Å²) in [6, 6.07) is 16.2. The Morgan fingerprint density at radius 1 is 0.897 bits per heavy atom. The number of aliphatic hydroxyl groups excluding tert-OH is 1. The summed E-state index contributed by atoms with van der Waals surface area (Å²) in [7, 11) is -3.35. The number of amides is 2. The first kappa shape index (κ1) is 21.2. The number of nitrogens with one attached hydrogen (secondary N) is 2. The van der Waals surface area contributed by atoms with Crippen LogP contribution in [0.4, 0.5) is 4.11 Å². The molecular formula is C22H27FN2O3Si. The van der Waals surface area contributed by atoms with Gasteiger partial charge in [-0.1, -0.05) is 36.4 Å². The monoisotopic (exact) mass is 414 g/mol. The van der Waals surface area contributed by atoms with E-state index in [4.69, 9.17) is 0 Å². The maximum Gasteiger partial charge on any atom is 0.251 e. The molecular weight excluding hydrogens is 387 g/mol. The van der Waals surface area contributed by atoms with Crippen molar-refractivity contribution in [3.05, 3.63) is 71.8 Å². The Morgan fingerprint density at radius 3 is 1.86 bits per heavy atom. The van der Waals surface area contributed by atoms with Crippen LogP contribution >= 0.6 is 0 Å². The van der Waals surface area contributed by atoms with Crippen molar-refractivity contribution < 1.29 is 18.8 Å². The van der Waals surface area contributed by atoms with Crippen LogP contribution in [0.25, 0.3) is 0 Å². The Kier molecular flexibility index (Phi) is 6.49. The summed E-state index contributed by atoms with van der Waals surface area (Å²) < 4.78 is 15.4. The average Bonchev–Trinajstić information content (AvgIpc) is 2.70. The van der Waals surface area contributed by atoms with Crippen LogP contribution < -0.4 is 10.6 Å². The molecule has 0 saturated heterocycles. The maximum absolute atomic E-state index is 15.4. The third-order valence-electron chi connectivity index (χ3n) is 5.49. The molecule has 0 unspecified atom stereocenters. The molecule has 4 atom stereocenters. The summed E-state index contributed by atoms with van der Waals surface area (Å²) in [4.78, 5) is 25.3. The van der Waals surface area contributed by atoms with Gasteiger partial charge in [0.1, 0.15) is 0 Å². The summed E-state index contributed by atoms with van der Waals surface area (Å²) in [5, 5.41) is 16.4. The molecule has 1 saturated carbocycles. The van der Waals surface area contributed by atoms with E-state index < -0.39 is 32.1 Å². The molecule has 154 valence electrons. The molecule has 5 nitrogen and oxygen atoms in total. The zero-order valence-corrected chi connectivity index (χ0v) is 17.6. The van der Waals surface area contributed by atoms with Crippen LogP contribution in [0, 0.1) is 0 Å². The van der Waals surface area contributed by atoms with Crippen molar-refractivity contribution in [1.29, 1.82) is 0 Å². The van der Waals surface area contributed by atoms with Gasteiger partial charge >= 0.3 is 0 Å². The lowest BCUT2D eigenvalue weighted by molar-refractivity contribution is 0.0608. The Labute approximate surface area is 171 Å². The van der Waals surface area contributed by atoms with Crippen molar-refractivity contribution in [2.24, 2.45) is 0 Å². The molecule has 2 aromatic rings. The van der Waals surface area contributed by atoms with E-state index in [1.165, 1.54) is 0 Å². The zero-order valence-electron chi connectivity index (χ0n) is 16.6. The Hall–Kier alpha value is -2.51. The molecule has 0 bridgehead atoms. The molecule has 2 amide bonds. The van der Waals surface area contributed by atoms with Crippen LogP contribution in [0.1, 0.15) is 33.6 Å². The van der Waals surface area contributed by atoms with Gasteiger partial charge in [-0.25, -0.2) is 0 Å². The van der Waals surface area contributed by atoms with Crippen molar-refractivity contribution in [1.82, 2.24) is 10.6 Å². The van der Waals surface area contributed by atoms with Gasteiger partial charge < -0.3 is 19.8 Å². The first-order valence-electron chi connectivity index (χ1n) is 9.86. The van der Waals surface area contributed by atoms with Gasteiger partial charge in [0.25, 0.3) is 11.8 Å². The van der Waals surface area contributed by atoms with Crippen molar-refractivity contribution in [3.63, 3.8) is 0 Å². The predicted octanol–water partition coefficient (Wildman–Crippen LogP) is 3.28. The van der Waals surface area contributed by atoms with E-state index in [1.54, 1.807) is 61.6 Å². The standard InChI is InChI=1S/C22H27FN2O3Si/c1-29(2,23)20-17(24-21(27)15-9-5-3-6-10-15)13-14-18(26)19(20)25-22(28)16-11-7-4-8-12-16/h3-12,17-20,26H,13-14H2,1-2H3,(H,24,27)(H,25,28)/t17-,18+,19+,20+/m1/s1. The van der Waals surface area contributed by atoms with E-state index in [0.717, 1.165) is 0 Å². The van der Waals surface area contributed by atoms with Crippen molar-refractivity contribution >= 4 is 20.2 Å². The SMILES string of the molecule is C[Si](C)(F)[C@@H]1[C@@H](NC(=O)c2ccccc2)[C@@H](O)CC[C@H]1NC(=O)c1ccccc1. The van der Waals surface area contributed by atoms with Crippen LogP contribution in [0.15, 0.2) is 60.7 Å². The number of carbonyl (C=O) groups is 2. The number of benzene rings is 2. The van der Waals surface area contributed by atoms with E-state index in [0.29, 0.717) is 24.0 Å². The maximum atomic E-state index is 15.4. The summed E-state index contributed by atoms with van der Waals surface area (Å²) in [6.45, 7) is 3.11. The number of hydrogen-bond donors (Lipinski definition) is 3. The van der Waals surface area contributed by atoms with Gasteiger partial charge in [0.15, 0.2) is 0 Å².